The summed E-state index contributed by atoms with van der Waals surface area (Å²) < 4.78 is 0. The van der Waals surface area contributed by atoms with Gasteiger partial charge in [-0.1, -0.05) is 12.8 Å². The van der Waals surface area contributed by atoms with E-state index in [9.17, 15) is 29.1 Å². The van der Waals surface area contributed by atoms with E-state index in [2.05, 4.69) is 16.1 Å². The number of amides is 4. The Morgan fingerprint density at radius 2 is 1.84 bits per heavy atom. The highest BCUT2D eigenvalue weighted by atomic mass is 32.2. The summed E-state index contributed by atoms with van der Waals surface area (Å²) in [6.07, 6.45) is 4.34. The summed E-state index contributed by atoms with van der Waals surface area (Å²) >= 11 is 1.82. The van der Waals surface area contributed by atoms with Gasteiger partial charge < -0.3 is 15.7 Å². The van der Waals surface area contributed by atoms with Crippen LogP contribution < -0.4 is 16.1 Å². The van der Waals surface area contributed by atoms with Crippen LogP contribution in [-0.4, -0.2) is 69.3 Å². The van der Waals surface area contributed by atoms with Crippen LogP contribution in [0.1, 0.15) is 57.8 Å². The number of Topliss-reactive ketones (excluding diaryl/α,β-unsaturated/α-hetero) is 1. The molecule has 0 aromatic heterocycles. The van der Waals surface area contributed by atoms with Gasteiger partial charge in [0.15, 0.2) is 0 Å². The number of rotatable bonds is 13. The number of fused-ring (bicyclic) bond motifs is 1. The fourth-order valence-electron chi connectivity index (χ4n) is 4.30. The average Bonchev–Trinajstić information content (AvgIpc) is 3.36. The SMILES string of the molecule is O=C1N[C@H]2[C@H](CS[C@H]2CCCCC(=O)C(CCCCNN2C(=O)CCC2=O)C(=O)O)N1. The van der Waals surface area contributed by atoms with E-state index in [0.29, 0.717) is 31.1 Å². The van der Waals surface area contributed by atoms with Gasteiger partial charge in [-0.05, 0) is 25.7 Å². The molecule has 0 aromatic rings. The number of thioether (sulfide) groups is 1. The van der Waals surface area contributed by atoms with E-state index in [1.807, 2.05) is 11.8 Å². The molecule has 3 rings (SSSR count). The van der Waals surface area contributed by atoms with Gasteiger partial charge in [-0.2, -0.15) is 11.8 Å². The van der Waals surface area contributed by atoms with E-state index < -0.39 is 11.9 Å². The predicted molar refractivity (Wildman–Crippen MR) is 113 cm³/mol. The van der Waals surface area contributed by atoms with Crippen LogP contribution in [0.5, 0.6) is 0 Å². The molecule has 0 bridgehead atoms. The molecular formula is C20H30N4O6S. The highest BCUT2D eigenvalue weighted by Gasteiger charge is 2.42. The minimum Gasteiger partial charge on any atom is -0.481 e. The first-order valence-electron chi connectivity index (χ1n) is 10.9. The standard InChI is InChI=1S/C20H30N4O6S/c25-14(6-1-2-7-15-18-13(11-31-15)22-20(30)23-18)12(19(28)29)5-3-4-10-21-24-16(26)8-9-17(24)27/h12-13,15,18,21H,1-11H2,(H,28,29)(H2,22,23,30)/t12?,13-,15-,18-/m0/s1. The van der Waals surface area contributed by atoms with Crippen LogP contribution in [0.4, 0.5) is 4.79 Å². The normalized spacial score (nSPS) is 26.0. The molecule has 10 nitrogen and oxygen atoms in total. The Balaban J connectivity index is 1.30. The van der Waals surface area contributed by atoms with Crippen LogP contribution in [0.15, 0.2) is 0 Å². The minimum absolute atomic E-state index is 0.117. The predicted octanol–water partition coefficient (Wildman–Crippen LogP) is 0.806. The number of nitrogens with zero attached hydrogens (tertiary/aromatic N) is 1. The molecule has 4 N–H and O–H groups in total. The second-order valence-electron chi connectivity index (χ2n) is 8.25. The quantitative estimate of drug-likeness (QED) is 0.138. The van der Waals surface area contributed by atoms with Gasteiger partial charge in [-0.3, -0.25) is 19.2 Å². The molecule has 4 atom stereocenters. The van der Waals surface area contributed by atoms with E-state index in [1.165, 1.54) is 0 Å². The molecular weight excluding hydrogens is 424 g/mol. The first kappa shape index (κ1) is 23.5. The molecule has 0 spiro atoms. The largest absolute Gasteiger partial charge is 0.481 e. The molecule has 172 valence electrons. The van der Waals surface area contributed by atoms with E-state index >= 15 is 0 Å². The summed E-state index contributed by atoms with van der Waals surface area (Å²) in [6.45, 7) is 0.380. The number of urea groups is 1. The zero-order chi connectivity index (χ0) is 22.4. The maximum atomic E-state index is 12.4. The van der Waals surface area contributed by atoms with Crippen LogP contribution in [-0.2, 0) is 19.2 Å². The van der Waals surface area contributed by atoms with Gasteiger partial charge in [-0.15, -0.1) is 0 Å². The fourth-order valence-corrected chi connectivity index (χ4v) is 5.84. The number of carbonyl (C=O) groups excluding carboxylic acids is 4. The fraction of sp³-hybridized carbons (Fsp3) is 0.750. The van der Waals surface area contributed by atoms with Crippen molar-refractivity contribution in [3.8, 4) is 0 Å². The number of imide groups is 1. The maximum Gasteiger partial charge on any atom is 0.315 e. The monoisotopic (exact) mass is 454 g/mol. The van der Waals surface area contributed by atoms with Crippen LogP contribution in [0.2, 0.25) is 0 Å². The first-order valence-corrected chi connectivity index (χ1v) is 11.9. The molecule has 3 heterocycles. The Morgan fingerprint density at radius 3 is 2.55 bits per heavy atom. The highest BCUT2D eigenvalue weighted by molar-refractivity contribution is 8.00. The van der Waals surface area contributed by atoms with Crippen molar-refractivity contribution in [1.29, 1.82) is 0 Å². The topological polar surface area (TPSA) is 145 Å². The third kappa shape index (κ3) is 6.19. The average molecular weight is 455 g/mol. The summed E-state index contributed by atoms with van der Waals surface area (Å²) in [5.74, 6) is -1.97. The van der Waals surface area contributed by atoms with Crippen LogP contribution >= 0.6 is 11.8 Å². The van der Waals surface area contributed by atoms with E-state index in [-0.39, 0.29) is 61.4 Å². The van der Waals surface area contributed by atoms with Crippen molar-refractivity contribution in [2.24, 2.45) is 5.92 Å². The number of hydrazine groups is 1. The molecule has 4 amide bonds. The molecule has 3 fully saturated rings. The number of aliphatic carboxylic acids is 1. The van der Waals surface area contributed by atoms with Crippen molar-refractivity contribution >= 4 is 41.4 Å². The number of nitrogens with one attached hydrogen (secondary N) is 3. The van der Waals surface area contributed by atoms with Crippen LogP contribution in [0.3, 0.4) is 0 Å². The van der Waals surface area contributed by atoms with Gasteiger partial charge in [0.1, 0.15) is 11.7 Å². The molecule has 0 aliphatic carbocycles. The van der Waals surface area contributed by atoms with Crippen molar-refractivity contribution < 1.29 is 29.1 Å². The second kappa shape index (κ2) is 10.9. The van der Waals surface area contributed by atoms with Gasteiger partial charge in [-0.25, -0.2) is 15.2 Å². The summed E-state index contributed by atoms with van der Waals surface area (Å²) in [7, 11) is 0. The molecule has 3 aliphatic heterocycles. The number of hydrogen-bond acceptors (Lipinski definition) is 7. The summed E-state index contributed by atoms with van der Waals surface area (Å²) in [6, 6.07) is 0.199. The Bertz CT molecular complexity index is 716. The van der Waals surface area contributed by atoms with E-state index in [1.54, 1.807) is 0 Å². The smallest absolute Gasteiger partial charge is 0.315 e. The van der Waals surface area contributed by atoms with Crippen molar-refractivity contribution in [1.82, 2.24) is 21.1 Å². The molecule has 1 unspecified atom stereocenters. The third-order valence-corrected chi connectivity index (χ3v) is 7.54. The van der Waals surface area contributed by atoms with Crippen LogP contribution in [0, 0.1) is 5.92 Å². The molecule has 3 aliphatic rings. The summed E-state index contributed by atoms with van der Waals surface area (Å²) in [5.41, 5.74) is 2.77. The molecule has 31 heavy (non-hydrogen) atoms. The molecule has 0 saturated carbocycles. The van der Waals surface area contributed by atoms with Gasteiger partial charge in [0.25, 0.3) is 0 Å². The number of hydrogen-bond donors (Lipinski definition) is 4. The third-order valence-electron chi connectivity index (χ3n) is 6.03. The minimum atomic E-state index is -1.10. The summed E-state index contributed by atoms with van der Waals surface area (Å²) in [4.78, 5) is 58.3. The van der Waals surface area contributed by atoms with Crippen molar-refractivity contribution in [3.05, 3.63) is 0 Å². The number of ketones is 1. The molecule has 0 radical (unpaired) electrons. The Morgan fingerprint density at radius 1 is 1.10 bits per heavy atom. The number of carbonyl (C=O) groups is 5. The number of carboxylic acid groups (broad SMARTS) is 1. The Labute approximate surface area is 185 Å². The van der Waals surface area contributed by atoms with Gasteiger partial charge >= 0.3 is 12.0 Å². The lowest BCUT2D eigenvalue weighted by molar-refractivity contribution is -0.147. The van der Waals surface area contributed by atoms with Crippen molar-refractivity contribution in [2.45, 2.75) is 75.1 Å². The van der Waals surface area contributed by atoms with Crippen molar-refractivity contribution in [2.75, 3.05) is 12.3 Å². The highest BCUT2D eigenvalue weighted by Crippen LogP contribution is 2.33. The number of carboxylic acids is 1. The van der Waals surface area contributed by atoms with Crippen molar-refractivity contribution in [3.63, 3.8) is 0 Å². The summed E-state index contributed by atoms with van der Waals surface area (Å²) in [5, 5.41) is 16.6. The molecule has 11 heteroatoms. The van der Waals surface area contributed by atoms with Gasteiger partial charge in [0, 0.05) is 36.8 Å². The van der Waals surface area contributed by atoms with Gasteiger partial charge in [0.2, 0.25) is 11.8 Å². The van der Waals surface area contributed by atoms with Crippen LogP contribution in [0.25, 0.3) is 0 Å². The Kier molecular flexibility index (Phi) is 8.30. The lowest BCUT2D eigenvalue weighted by Crippen LogP contribution is -2.42. The molecule has 3 saturated heterocycles. The zero-order valence-electron chi connectivity index (χ0n) is 17.4. The molecule has 0 aromatic carbocycles. The number of unbranched alkanes of at least 4 members (excludes halogenated alkanes) is 2. The van der Waals surface area contributed by atoms with Gasteiger partial charge in [0.05, 0.1) is 12.1 Å². The maximum absolute atomic E-state index is 12.4. The van der Waals surface area contributed by atoms with E-state index in [0.717, 1.165) is 23.6 Å². The lowest BCUT2D eigenvalue weighted by Gasteiger charge is -2.17. The first-order chi connectivity index (χ1) is 14.9. The van der Waals surface area contributed by atoms with E-state index in [4.69, 9.17) is 0 Å². The Hall–Kier alpha value is -2.14. The zero-order valence-corrected chi connectivity index (χ0v) is 18.2. The lowest BCUT2D eigenvalue weighted by atomic mass is 9.93. The second-order valence-corrected chi connectivity index (χ2v) is 9.52.